The zero-order chi connectivity index (χ0) is 22.0. The lowest BCUT2D eigenvalue weighted by atomic mass is 9.92. The highest BCUT2D eigenvalue weighted by Crippen LogP contribution is 2.30. The van der Waals surface area contributed by atoms with Gasteiger partial charge in [-0.1, -0.05) is 31.1 Å². The molecule has 2 heterocycles. The normalized spacial score (nSPS) is 19.6. The van der Waals surface area contributed by atoms with E-state index < -0.39 is 6.10 Å². The fraction of sp³-hybridized carbons (Fsp3) is 0.333. The van der Waals surface area contributed by atoms with E-state index in [-0.39, 0.29) is 11.9 Å². The van der Waals surface area contributed by atoms with Gasteiger partial charge in [-0.25, -0.2) is 4.98 Å². The lowest BCUT2D eigenvalue weighted by molar-refractivity contribution is 0.243. The van der Waals surface area contributed by atoms with Crippen molar-refractivity contribution in [3.63, 3.8) is 0 Å². The number of H-pyrrole nitrogens is 1. The van der Waals surface area contributed by atoms with Gasteiger partial charge in [0.15, 0.2) is 0 Å². The Labute approximate surface area is 182 Å². The summed E-state index contributed by atoms with van der Waals surface area (Å²) in [5, 5.41) is 25.3. The Balaban J connectivity index is 1.51. The second kappa shape index (κ2) is 8.81. The quantitative estimate of drug-likeness (QED) is 0.364. The van der Waals surface area contributed by atoms with Gasteiger partial charge in [0.05, 0.1) is 17.1 Å². The van der Waals surface area contributed by atoms with Crippen molar-refractivity contribution in [3.8, 4) is 0 Å². The zero-order valence-corrected chi connectivity index (χ0v) is 18.0. The first-order chi connectivity index (χ1) is 15.0. The van der Waals surface area contributed by atoms with Crippen LogP contribution < -0.4 is 16.4 Å². The molecule has 0 bridgehead atoms. The van der Waals surface area contributed by atoms with Gasteiger partial charge in [-0.2, -0.15) is 0 Å². The van der Waals surface area contributed by atoms with Gasteiger partial charge in [-0.15, -0.1) is 0 Å². The number of anilines is 1. The Hall–Kier alpha value is -3.32. The maximum atomic E-state index is 11.0. The molecule has 0 spiro atoms. The van der Waals surface area contributed by atoms with Crippen molar-refractivity contribution in [2.24, 2.45) is 5.73 Å². The van der Waals surface area contributed by atoms with Gasteiger partial charge < -0.3 is 31.9 Å². The molecule has 0 amide bonds. The summed E-state index contributed by atoms with van der Waals surface area (Å²) < 4.78 is 0. The molecule has 7 heteroatoms. The molecule has 2 atom stereocenters. The topological polar surface area (TPSA) is 123 Å². The second-order valence-corrected chi connectivity index (χ2v) is 8.19. The molecule has 31 heavy (non-hydrogen) atoms. The number of nitrogens with one attached hydrogen (secondary N) is 4. The Kier molecular flexibility index (Phi) is 5.95. The minimum atomic E-state index is -1.01. The molecular formula is C24H30N6O. The van der Waals surface area contributed by atoms with E-state index in [1.54, 1.807) is 0 Å². The van der Waals surface area contributed by atoms with Crippen molar-refractivity contribution in [1.29, 1.82) is 5.41 Å². The van der Waals surface area contributed by atoms with Crippen LogP contribution in [0.5, 0.6) is 0 Å². The number of benzene rings is 1. The van der Waals surface area contributed by atoms with Gasteiger partial charge >= 0.3 is 0 Å². The molecule has 2 aromatic rings. The van der Waals surface area contributed by atoms with E-state index in [4.69, 9.17) is 11.1 Å². The Morgan fingerprint density at radius 3 is 3.03 bits per heavy atom. The average molecular weight is 419 g/mol. The third-order valence-electron chi connectivity index (χ3n) is 5.83. The van der Waals surface area contributed by atoms with Crippen LogP contribution in [0.15, 0.2) is 64.7 Å². The first-order valence-electron chi connectivity index (χ1n) is 10.8. The molecule has 1 aliphatic carbocycles. The number of rotatable bonds is 8. The highest BCUT2D eigenvalue weighted by molar-refractivity contribution is 5.82. The number of hydrogen-bond donors (Lipinski definition) is 6. The summed E-state index contributed by atoms with van der Waals surface area (Å²) in [6, 6.07) is 5.86. The highest BCUT2D eigenvalue weighted by atomic mass is 16.3. The molecule has 7 nitrogen and oxygen atoms in total. The summed E-state index contributed by atoms with van der Waals surface area (Å²) in [4.78, 5) is 7.59. The molecule has 0 radical (unpaired) electrons. The Bertz CT molecular complexity index is 1120. The van der Waals surface area contributed by atoms with Gasteiger partial charge in [0.25, 0.3) is 0 Å². The summed E-state index contributed by atoms with van der Waals surface area (Å²) in [6.45, 7) is 4.11. The number of aliphatic hydroxyl groups is 1. The van der Waals surface area contributed by atoms with E-state index >= 15 is 0 Å². The average Bonchev–Trinajstić information content (AvgIpc) is 3.34. The number of aromatic amines is 1. The maximum Gasteiger partial charge on any atom is 0.123 e. The van der Waals surface area contributed by atoms with Crippen LogP contribution in [-0.4, -0.2) is 33.4 Å². The van der Waals surface area contributed by atoms with E-state index in [1.165, 1.54) is 18.4 Å². The SMILES string of the molecule is CCCCC1=CC=C2C=C(C(O)/C(C=N)=C(\N)Nc3ccc4nc(C)[nH]c4c3)NC2C1. The van der Waals surface area contributed by atoms with E-state index in [0.717, 1.165) is 47.2 Å². The first-order valence-corrected chi connectivity index (χ1v) is 10.8. The number of hydrogen-bond acceptors (Lipinski definition) is 6. The fourth-order valence-corrected chi connectivity index (χ4v) is 4.15. The first kappa shape index (κ1) is 20.9. The number of unbranched alkanes of at least 4 members (excludes halogenated alkanes) is 1. The molecule has 0 saturated heterocycles. The minimum absolute atomic E-state index is 0.175. The van der Waals surface area contributed by atoms with Crippen molar-refractivity contribution in [2.75, 3.05) is 5.32 Å². The molecular weight excluding hydrogens is 388 g/mol. The summed E-state index contributed by atoms with van der Waals surface area (Å²) in [7, 11) is 0. The van der Waals surface area contributed by atoms with Crippen molar-refractivity contribution >= 4 is 22.9 Å². The number of nitrogens with two attached hydrogens (primary N) is 1. The summed E-state index contributed by atoms with van der Waals surface area (Å²) >= 11 is 0. The van der Waals surface area contributed by atoms with Gasteiger partial charge in [-0.3, -0.25) is 0 Å². The number of fused-ring (bicyclic) bond motifs is 2. The monoisotopic (exact) mass is 418 g/mol. The van der Waals surface area contributed by atoms with Crippen LogP contribution >= 0.6 is 0 Å². The molecule has 7 N–H and O–H groups in total. The van der Waals surface area contributed by atoms with E-state index in [1.807, 2.05) is 31.2 Å². The molecule has 4 rings (SSSR count). The number of aromatic nitrogens is 2. The molecule has 2 aliphatic rings. The van der Waals surface area contributed by atoms with Gasteiger partial charge in [0, 0.05) is 23.2 Å². The Morgan fingerprint density at radius 2 is 2.26 bits per heavy atom. The largest absolute Gasteiger partial charge is 0.385 e. The second-order valence-electron chi connectivity index (χ2n) is 8.19. The van der Waals surface area contributed by atoms with Crippen molar-refractivity contribution in [2.45, 2.75) is 51.7 Å². The molecule has 1 aliphatic heterocycles. The lowest BCUT2D eigenvalue weighted by Gasteiger charge is -2.22. The fourth-order valence-electron chi connectivity index (χ4n) is 4.15. The maximum absolute atomic E-state index is 11.0. The standard InChI is InChI=1S/C24H30N6O/c1-3-4-5-15-6-7-16-11-22(30-20(16)10-15)23(31)18(13-25)24(26)29-17-8-9-19-21(12-17)28-14(2)27-19/h6-9,11-13,20,23,25,29-31H,3-5,10,26H2,1-2H3,(H,27,28)/b24-18+,25-13?. The van der Waals surface area contributed by atoms with Crippen LogP contribution in [0.4, 0.5) is 5.69 Å². The van der Waals surface area contributed by atoms with Gasteiger partial charge in [0.2, 0.25) is 0 Å². The number of allylic oxidation sites excluding steroid dienone is 2. The summed E-state index contributed by atoms with van der Waals surface area (Å²) in [6.07, 6.45) is 10.8. The van der Waals surface area contributed by atoms with E-state index in [0.29, 0.717) is 11.3 Å². The highest BCUT2D eigenvalue weighted by Gasteiger charge is 2.29. The predicted molar refractivity (Wildman–Crippen MR) is 126 cm³/mol. The third-order valence-corrected chi connectivity index (χ3v) is 5.83. The molecule has 2 unspecified atom stereocenters. The number of nitrogens with zero attached hydrogens (tertiary/aromatic N) is 1. The Morgan fingerprint density at radius 1 is 1.42 bits per heavy atom. The van der Waals surface area contributed by atoms with Gasteiger partial charge in [-0.05, 0) is 56.0 Å². The zero-order valence-electron chi connectivity index (χ0n) is 18.0. The summed E-state index contributed by atoms with van der Waals surface area (Å²) in [5.41, 5.74) is 12.4. The number of imidazole rings is 1. The molecule has 1 aromatic heterocycles. The van der Waals surface area contributed by atoms with Gasteiger partial charge in [0.1, 0.15) is 17.7 Å². The van der Waals surface area contributed by atoms with E-state index in [9.17, 15) is 5.11 Å². The van der Waals surface area contributed by atoms with Crippen LogP contribution in [0.1, 0.15) is 38.4 Å². The molecule has 0 saturated carbocycles. The van der Waals surface area contributed by atoms with Crippen LogP contribution in [0, 0.1) is 12.3 Å². The molecule has 1 aromatic carbocycles. The summed E-state index contributed by atoms with van der Waals surface area (Å²) in [5.74, 6) is 1.08. The van der Waals surface area contributed by atoms with Crippen molar-refractivity contribution in [1.82, 2.24) is 15.3 Å². The van der Waals surface area contributed by atoms with E-state index in [2.05, 4.69) is 39.7 Å². The molecule has 0 fully saturated rings. The number of aliphatic hydroxyl groups excluding tert-OH is 1. The number of aryl methyl sites for hydroxylation is 1. The van der Waals surface area contributed by atoms with Crippen LogP contribution in [0.2, 0.25) is 0 Å². The minimum Gasteiger partial charge on any atom is -0.385 e. The predicted octanol–water partition coefficient (Wildman–Crippen LogP) is 3.77. The van der Waals surface area contributed by atoms with Crippen LogP contribution in [0.25, 0.3) is 11.0 Å². The molecule has 162 valence electrons. The lowest BCUT2D eigenvalue weighted by Crippen LogP contribution is -2.32. The third kappa shape index (κ3) is 4.41. The van der Waals surface area contributed by atoms with Crippen LogP contribution in [0.3, 0.4) is 0 Å². The van der Waals surface area contributed by atoms with Crippen molar-refractivity contribution < 1.29 is 5.11 Å². The van der Waals surface area contributed by atoms with Crippen molar-refractivity contribution in [3.05, 3.63) is 70.5 Å². The smallest absolute Gasteiger partial charge is 0.123 e. The van der Waals surface area contributed by atoms with Crippen LogP contribution in [-0.2, 0) is 0 Å².